The number of nitrogens with zero attached hydrogens (tertiary/aromatic N) is 2. The van der Waals surface area contributed by atoms with Crippen LogP contribution in [0.25, 0.3) is 0 Å². The molecular formula is C25H33N3. The van der Waals surface area contributed by atoms with E-state index in [0.29, 0.717) is 18.8 Å². The van der Waals surface area contributed by atoms with E-state index < -0.39 is 0 Å². The van der Waals surface area contributed by atoms with Crippen molar-refractivity contribution in [3.63, 3.8) is 0 Å². The lowest BCUT2D eigenvalue weighted by atomic mass is 10.1. The molecule has 0 saturated heterocycles. The molecule has 0 fully saturated rings. The van der Waals surface area contributed by atoms with Crippen molar-refractivity contribution < 1.29 is 0 Å². The molecule has 0 spiro atoms. The van der Waals surface area contributed by atoms with Crippen LogP contribution < -0.4 is 0 Å². The summed E-state index contributed by atoms with van der Waals surface area (Å²) in [6.45, 7) is 5.21. The Kier molecular flexibility index (Phi) is 9.92. The lowest BCUT2D eigenvalue weighted by Crippen LogP contribution is -2.06. The number of hydrogen-bond acceptors (Lipinski definition) is 3. The molecule has 0 aliphatic carbocycles. The minimum Gasteiger partial charge on any atom is -0.306 e. The van der Waals surface area contributed by atoms with Crippen molar-refractivity contribution in [3.05, 3.63) is 70.8 Å². The first-order valence-corrected chi connectivity index (χ1v) is 10.4. The van der Waals surface area contributed by atoms with E-state index in [1.807, 2.05) is 12.4 Å². The highest BCUT2D eigenvalue weighted by Crippen LogP contribution is 2.07. The fourth-order valence-electron chi connectivity index (χ4n) is 2.88. The Bertz CT molecular complexity index is 690. The Labute approximate surface area is 170 Å². The molecule has 3 nitrogen and oxygen atoms in total. The highest BCUT2D eigenvalue weighted by Gasteiger charge is 1.96. The van der Waals surface area contributed by atoms with Crippen LogP contribution in [0, 0.1) is 5.41 Å². The Morgan fingerprint density at radius 3 is 1.46 bits per heavy atom. The molecule has 0 unspecified atom stereocenters. The Balaban J connectivity index is 1.73. The van der Waals surface area contributed by atoms with Gasteiger partial charge in [-0.25, -0.2) is 0 Å². The fraction of sp³-hybridized carbons (Fsp3) is 0.400. The van der Waals surface area contributed by atoms with Gasteiger partial charge in [0.25, 0.3) is 0 Å². The first-order chi connectivity index (χ1) is 13.7. The zero-order valence-electron chi connectivity index (χ0n) is 17.3. The molecule has 0 atom stereocenters. The lowest BCUT2D eigenvalue weighted by Gasteiger charge is -2.01. The van der Waals surface area contributed by atoms with Crippen LogP contribution in [0.3, 0.4) is 0 Å². The van der Waals surface area contributed by atoms with Gasteiger partial charge in [0.15, 0.2) is 0 Å². The standard InChI is InChI=1S/C25H33N3/c1-3-5-7-21-9-13-23(14-10-21)17-27-19-25(26)20-28-18-24-15-11-22(12-16-24)8-6-4-2/h9-18,26H,3-8,19-20H2,1-2H3. The number of hydrogen-bond donors (Lipinski definition) is 1. The molecule has 0 heterocycles. The van der Waals surface area contributed by atoms with Crippen molar-refractivity contribution in [1.82, 2.24) is 0 Å². The van der Waals surface area contributed by atoms with Gasteiger partial charge < -0.3 is 5.41 Å². The molecule has 0 aliphatic heterocycles. The summed E-state index contributed by atoms with van der Waals surface area (Å²) >= 11 is 0. The molecule has 0 saturated carbocycles. The maximum absolute atomic E-state index is 8.01. The van der Waals surface area contributed by atoms with Gasteiger partial charge in [0.2, 0.25) is 0 Å². The summed E-state index contributed by atoms with van der Waals surface area (Å²) in [6.07, 6.45) is 10.9. The van der Waals surface area contributed by atoms with Gasteiger partial charge in [-0.2, -0.15) is 0 Å². The molecular weight excluding hydrogens is 342 g/mol. The van der Waals surface area contributed by atoms with Crippen LogP contribution in [0.1, 0.15) is 61.8 Å². The van der Waals surface area contributed by atoms with Crippen LogP contribution in [0.15, 0.2) is 58.5 Å². The van der Waals surface area contributed by atoms with Crippen LogP contribution in [0.5, 0.6) is 0 Å². The minimum atomic E-state index is 0.394. The van der Waals surface area contributed by atoms with E-state index >= 15 is 0 Å². The van der Waals surface area contributed by atoms with Crippen LogP contribution in [-0.2, 0) is 12.8 Å². The predicted octanol–water partition coefficient (Wildman–Crippen LogP) is 5.93. The Morgan fingerprint density at radius 2 is 1.11 bits per heavy atom. The second-order valence-corrected chi connectivity index (χ2v) is 7.23. The molecule has 0 aliphatic rings. The van der Waals surface area contributed by atoms with E-state index in [-0.39, 0.29) is 0 Å². The first kappa shape index (κ1) is 21.7. The number of rotatable bonds is 12. The van der Waals surface area contributed by atoms with Gasteiger partial charge in [-0.15, -0.1) is 0 Å². The average molecular weight is 376 g/mol. The summed E-state index contributed by atoms with van der Waals surface area (Å²) in [6, 6.07) is 17.1. The molecule has 28 heavy (non-hydrogen) atoms. The van der Waals surface area contributed by atoms with Gasteiger partial charge in [0, 0.05) is 12.4 Å². The van der Waals surface area contributed by atoms with Crippen molar-refractivity contribution >= 4 is 18.1 Å². The Hall–Kier alpha value is -2.55. The zero-order valence-corrected chi connectivity index (χ0v) is 17.3. The van der Waals surface area contributed by atoms with Crippen LogP contribution in [0.4, 0.5) is 0 Å². The van der Waals surface area contributed by atoms with Gasteiger partial charge in [0.05, 0.1) is 18.8 Å². The molecule has 0 aromatic heterocycles. The second kappa shape index (κ2) is 12.8. The zero-order chi connectivity index (χ0) is 20.0. The number of unbranched alkanes of at least 4 members (excludes halogenated alkanes) is 2. The van der Waals surface area contributed by atoms with E-state index in [0.717, 1.165) is 24.0 Å². The topological polar surface area (TPSA) is 48.6 Å². The minimum absolute atomic E-state index is 0.394. The Morgan fingerprint density at radius 1 is 0.714 bits per heavy atom. The van der Waals surface area contributed by atoms with E-state index in [4.69, 9.17) is 5.41 Å². The fourth-order valence-corrected chi connectivity index (χ4v) is 2.88. The number of aryl methyl sites for hydroxylation is 2. The maximum atomic E-state index is 8.01. The predicted molar refractivity (Wildman–Crippen MR) is 123 cm³/mol. The van der Waals surface area contributed by atoms with Gasteiger partial charge >= 0.3 is 0 Å². The van der Waals surface area contributed by atoms with Gasteiger partial charge in [-0.3, -0.25) is 9.98 Å². The monoisotopic (exact) mass is 375 g/mol. The number of aliphatic imine (C=N–C) groups is 2. The molecule has 2 aromatic carbocycles. The quantitative estimate of drug-likeness (QED) is 0.447. The summed E-state index contributed by atoms with van der Waals surface area (Å²) < 4.78 is 0. The van der Waals surface area contributed by atoms with Crippen molar-refractivity contribution in [3.8, 4) is 0 Å². The summed E-state index contributed by atoms with van der Waals surface area (Å²) in [7, 11) is 0. The summed E-state index contributed by atoms with van der Waals surface area (Å²) in [5, 5.41) is 8.01. The molecule has 148 valence electrons. The third-order valence-corrected chi connectivity index (χ3v) is 4.64. The van der Waals surface area contributed by atoms with Crippen LogP contribution >= 0.6 is 0 Å². The van der Waals surface area contributed by atoms with Gasteiger partial charge in [0.1, 0.15) is 0 Å². The molecule has 0 bridgehead atoms. The molecule has 2 aromatic rings. The van der Waals surface area contributed by atoms with E-state index in [1.165, 1.54) is 36.8 Å². The molecule has 0 amide bonds. The molecule has 3 heteroatoms. The molecule has 2 rings (SSSR count). The average Bonchev–Trinajstić information content (AvgIpc) is 2.72. The highest BCUT2D eigenvalue weighted by molar-refractivity contribution is 5.90. The third kappa shape index (κ3) is 8.43. The smallest absolute Gasteiger partial charge is 0.0784 e. The first-order valence-electron chi connectivity index (χ1n) is 10.4. The van der Waals surface area contributed by atoms with Crippen LogP contribution in [0.2, 0.25) is 0 Å². The van der Waals surface area contributed by atoms with E-state index in [1.54, 1.807) is 0 Å². The third-order valence-electron chi connectivity index (χ3n) is 4.64. The summed E-state index contributed by atoms with van der Waals surface area (Å²) in [4.78, 5) is 8.75. The normalized spacial score (nSPS) is 11.5. The van der Waals surface area contributed by atoms with Crippen molar-refractivity contribution in [2.24, 2.45) is 9.98 Å². The number of nitrogens with one attached hydrogen (secondary N) is 1. The summed E-state index contributed by atoms with van der Waals surface area (Å²) in [5.41, 5.74) is 5.44. The second-order valence-electron chi connectivity index (χ2n) is 7.23. The van der Waals surface area contributed by atoms with Crippen molar-refractivity contribution in [2.45, 2.75) is 52.4 Å². The summed E-state index contributed by atoms with van der Waals surface area (Å²) in [5.74, 6) is 0. The van der Waals surface area contributed by atoms with Gasteiger partial charge in [-0.1, -0.05) is 75.2 Å². The largest absolute Gasteiger partial charge is 0.306 e. The van der Waals surface area contributed by atoms with E-state index in [9.17, 15) is 0 Å². The molecule has 0 radical (unpaired) electrons. The van der Waals surface area contributed by atoms with Gasteiger partial charge in [-0.05, 0) is 47.9 Å². The van der Waals surface area contributed by atoms with Crippen molar-refractivity contribution in [2.75, 3.05) is 13.1 Å². The lowest BCUT2D eigenvalue weighted by molar-refractivity contribution is 0.795. The highest BCUT2D eigenvalue weighted by atomic mass is 14.8. The van der Waals surface area contributed by atoms with E-state index in [2.05, 4.69) is 72.4 Å². The van der Waals surface area contributed by atoms with Crippen molar-refractivity contribution in [1.29, 1.82) is 5.41 Å². The molecule has 1 N–H and O–H groups in total. The number of benzene rings is 2. The van der Waals surface area contributed by atoms with Crippen LogP contribution in [-0.4, -0.2) is 31.2 Å². The maximum Gasteiger partial charge on any atom is 0.0784 e. The SMILES string of the molecule is CCCCc1ccc(C=NCC(=N)CN=Cc2ccc(CCCC)cc2)cc1.